The summed E-state index contributed by atoms with van der Waals surface area (Å²) in [7, 11) is 0. The number of benzene rings is 1. The molecular formula is C19H18N2OS. The Balaban J connectivity index is 1.77. The Bertz CT molecular complexity index is 784. The van der Waals surface area contributed by atoms with Crippen LogP contribution in [0.2, 0.25) is 0 Å². The van der Waals surface area contributed by atoms with E-state index in [2.05, 4.69) is 18.3 Å². The van der Waals surface area contributed by atoms with Crippen molar-refractivity contribution in [1.82, 2.24) is 0 Å². The average Bonchev–Trinajstić information content (AvgIpc) is 2.89. The molecule has 116 valence electrons. The summed E-state index contributed by atoms with van der Waals surface area (Å²) in [4.78, 5) is 13.4. The molecule has 1 aromatic heterocycles. The number of thiophene rings is 1. The highest BCUT2D eigenvalue weighted by atomic mass is 32.1. The third-order valence-corrected chi connectivity index (χ3v) is 5.26. The van der Waals surface area contributed by atoms with Gasteiger partial charge in [0.2, 0.25) is 5.91 Å². The topological polar surface area (TPSA) is 52.9 Å². The summed E-state index contributed by atoms with van der Waals surface area (Å²) in [6.45, 7) is 2.23. The molecule has 0 fully saturated rings. The Kier molecular flexibility index (Phi) is 4.59. The monoisotopic (exact) mass is 322 g/mol. The van der Waals surface area contributed by atoms with Crippen LogP contribution in [0.4, 0.5) is 5.00 Å². The smallest absolute Gasteiger partial charge is 0.249 e. The van der Waals surface area contributed by atoms with Crippen LogP contribution < -0.4 is 5.32 Å². The molecule has 0 aliphatic heterocycles. The highest BCUT2D eigenvalue weighted by molar-refractivity contribution is 7.16. The highest BCUT2D eigenvalue weighted by Crippen LogP contribution is 2.39. The van der Waals surface area contributed by atoms with Crippen molar-refractivity contribution in [3.05, 3.63) is 58.0 Å². The first-order valence-electron chi connectivity index (χ1n) is 7.76. The fourth-order valence-electron chi connectivity index (χ4n) is 2.85. The second-order valence-electron chi connectivity index (χ2n) is 5.90. The molecule has 1 aliphatic carbocycles. The van der Waals surface area contributed by atoms with Gasteiger partial charge in [-0.3, -0.25) is 4.79 Å². The van der Waals surface area contributed by atoms with Crippen molar-refractivity contribution in [3.8, 4) is 6.07 Å². The van der Waals surface area contributed by atoms with Crippen molar-refractivity contribution in [2.45, 2.75) is 26.2 Å². The van der Waals surface area contributed by atoms with Gasteiger partial charge in [0, 0.05) is 11.0 Å². The molecule has 3 rings (SSSR count). The summed E-state index contributed by atoms with van der Waals surface area (Å²) in [5.74, 6) is 0.450. The van der Waals surface area contributed by atoms with Gasteiger partial charge >= 0.3 is 0 Å². The maximum atomic E-state index is 12.1. The summed E-state index contributed by atoms with van der Waals surface area (Å²) in [6.07, 6.45) is 6.34. The van der Waals surface area contributed by atoms with Crippen LogP contribution in [-0.4, -0.2) is 5.91 Å². The van der Waals surface area contributed by atoms with Crippen LogP contribution in [0.1, 0.15) is 34.9 Å². The summed E-state index contributed by atoms with van der Waals surface area (Å²) in [5.41, 5.74) is 2.76. The number of fused-ring (bicyclic) bond motifs is 1. The predicted octanol–water partition coefficient (Wildman–Crippen LogP) is 4.40. The SMILES string of the molecule is C[C@H]1CCc2c(sc(NC(=O)/C=C/c3ccccc3)c2C#N)C1. The summed E-state index contributed by atoms with van der Waals surface area (Å²) in [6, 6.07) is 11.9. The van der Waals surface area contributed by atoms with Gasteiger partial charge in [-0.2, -0.15) is 5.26 Å². The lowest BCUT2D eigenvalue weighted by Gasteiger charge is -2.17. The normalized spacial score (nSPS) is 16.8. The first-order chi connectivity index (χ1) is 11.2. The maximum absolute atomic E-state index is 12.1. The number of carbonyl (C=O) groups is 1. The Morgan fingerprint density at radius 2 is 2.17 bits per heavy atom. The highest BCUT2D eigenvalue weighted by Gasteiger charge is 2.24. The van der Waals surface area contributed by atoms with Crippen LogP contribution >= 0.6 is 11.3 Å². The molecule has 0 spiro atoms. The minimum absolute atomic E-state index is 0.197. The number of rotatable bonds is 3. The van der Waals surface area contributed by atoms with Crippen molar-refractivity contribution in [1.29, 1.82) is 5.26 Å². The number of hydrogen-bond donors (Lipinski definition) is 1. The van der Waals surface area contributed by atoms with Crippen molar-refractivity contribution in [3.63, 3.8) is 0 Å². The maximum Gasteiger partial charge on any atom is 0.249 e. The first kappa shape index (κ1) is 15.5. The molecule has 1 heterocycles. The summed E-state index contributed by atoms with van der Waals surface area (Å²) >= 11 is 1.55. The molecule has 1 aliphatic rings. The first-order valence-corrected chi connectivity index (χ1v) is 8.57. The van der Waals surface area contributed by atoms with E-state index >= 15 is 0 Å². The quantitative estimate of drug-likeness (QED) is 0.852. The molecule has 0 bridgehead atoms. The second kappa shape index (κ2) is 6.80. The molecule has 1 aromatic carbocycles. The van der Waals surface area contributed by atoms with E-state index < -0.39 is 0 Å². The lowest BCUT2D eigenvalue weighted by Crippen LogP contribution is -2.10. The van der Waals surface area contributed by atoms with Crippen LogP contribution in [-0.2, 0) is 17.6 Å². The van der Waals surface area contributed by atoms with Gasteiger partial charge in [-0.15, -0.1) is 11.3 Å². The third-order valence-electron chi connectivity index (χ3n) is 4.09. The Morgan fingerprint density at radius 1 is 1.39 bits per heavy atom. The molecule has 1 atom stereocenters. The van der Waals surface area contributed by atoms with E-state index in [1.165, 1.54) is 11.0 Å². The molecule has 0 unspecified atom stereocenters. The molecule has 1 N–H and O–H groups in total. The lowest BCUT2D eigenvalue weighted by atomic mass is 9.89. The van der Waals surface area contributed by atoms with E-state index in [9.17, 15) is 10.1 Å². The standard InChI is InChI=1S/C19H18N2OS/c1-13-7-9-15-16(12-20)19(23-17(15)11-13)21-18(22)10-8-14-5-3-2-4-6-14/h2-6,8,10,13H,7,9,11H2,1H3,(H,21,22)/b10-8+/t13-/m0/s1. The van der Waals surface area contributed by atoms with Crippen LogP contribution in [0, 0.1) is 17.2 Å². The molecule has 4 heteroatoms. The number of hydrogen-bond acceptors (Lipinski definition) is 3. The van der Waals surface area contributed by atoms with E-state index in [0.717, 1.165) is 30.4 Å². The van der Waals surface area contributed by atoms with Crippen LogP contribution in [0.25, 0.3) is 6.08 Å². The number of nitrogens with zero attached hydrogens (tertiary/aromatic N) is 1. The van der Waals surface area contributed by atoms with Crippen LogP contribution in [0.3, 0.4) is 0 Å². The minimum atomic E-state index is -0.197. The Labute approximate surface area is 140 Å². The number of carbonyl (C=O) groups excluding carboxylic acids is 1. The number of amides is 1. The molecule has 23 heavy (non-hydrogen) atoms. The van der Waals surface area contributed by atoms with E-state index in [0.29, 0.717) is 16.5 Å². The van der Waals surface area contributed by atoms with E-state index in [4.69, 9.17) is 0 Å². The van der Waals surface area contributed by atoms with E-state index in [1.54, 1.807) is 17.4 Å². The average molecular weight is 322 g/mol. The number of nitriles is 1. The minimum Gasteiger partial charge on any atom is -0.313 e. The molecule has 2 aromatic rings. The largest absolute Gasteiger partial charge is 0.313 e. The van der Waals surface area contributed by atoms with Crippen molar-refractivity contribution in [2.75, 3.05) is 5.32 Å². The third kappa shape index (κ3) is 3.52. The van der Waals surface area contributed by atoms with Crippen molar-refractivity contribution < 1.29 is 4.79 Å². The lowest BCUT2D eigenvalue weighted by molar-refractivity contribution is -0.111. The fourth-order valence-corrected chi connectivity index (χ4v) is 4.21. The molecule has 0 saturated carbocycles. The van der Waals surface area contributed by atoms with Crippen molar-refractivity contribution >= 4 is 28.3 Å². The van der Waals surface area contributed by atoms with Gasteiger partial charge < -0.3 is 5.32 Å². The zero-order valence-corrected chi connectivity index (χ0v) is 13.8. The van der Waals surface area contributed by atoms with Gasteiger partial charge in [0.1, 0.15) is 11.1 Å². The van der Waals surface area contributed by atoms with E-state index in [-0.39, 0.29) is 5.91 Å². The van der Waals surface area contributed by atoms with Gasteiger partial charge in [-0.1, -0.05) is 37.3 Å². The summed E-state index contributed by atoms with van der Waals surface area (Å²) < 4.78 is 0. The number of nitrogens with one attached hydrogen (secondary N) is 1. The van der Waals surface area contributed by atoms with Gasteiger partial charge in [0.05, 0.1) is 5.56 Å². The molecule has 0 saturated heterocycles. The van der Waals surface area contributed by atoms with Gasteiger partial charge in [-0.25, -0.2) is 0 Å². The molecule has 0 radical (unpaired) electrons. The van der Waals surface area contributed by atoms with Crippen LogP contribution in [0.5, 0.6) is 0 Å². The molecule has 1 amide bonds. The van der Waals surface area contributed by atoms with Crippen molar-refractivity contribution in [2.24, 2.45) is 5.92 Å². The van der Waals surface area contributed by atoms with Crippen LogP contribution in [0.15, 0.2) is 36.4 Å². The van der Waals surface area contributed by atoms with E-state index in [1.807, 2.05) is 30.3 Å². The predicted molar refractivity (Wildman–Crippen MR) is 94.3 cm³/mol. The second-order valence-corrected chi connectivity index (χ2v) is 7.01. The Morgan fingerprint density at radius 3 is 2.91 bits per heavy atom. The van der Waals surface area contributed by atoms with Gasteiger partial charge in [0.25, 0.3) is 0 Å². The molecular weight excluding hydrogens is 304 g/mol. The Hall–Kier alpha value is -2.38. The number of anilines is 1. The van der Waals surface area contributed by atoms with Gasteiger partial charge in [0.15, 0.2) is 0 Å². The zero-order chi connectivity index (χ0) is 16.2. The van der Waals surface area contributed by atoms with Gasteiger partial charge in [-0.05, 0) is 42.4 Å². The molecule has 3 nitrogen and oxygen atoms in total. The summed E-state index contributed by atoms with van der Waals surface area (Å²) in [5, 5.41) is 13.0. The fraction of sp³-hybridized carbons (Fsp3) is 0.263. The zero-order valence-electron chi connectivity index (χ0n) is 13.0.